The standard InChI is InChI=1S/C19H17F2N3O4S/c1-11(10-26-2)27-16-5-12(18(25)24-19-22-3-4-29-19)6-17(23-16)28-15-8-13(20)7-14(21)9-15/h3-9,11H,10H2,1-2H3,(H,22,24,25)/t11-/m1/s1. The predicted molar refractivity (Wildman–Crippen MR) is 103 cm³/mol. The third-order valence-corrected chi connectivity index (χ3v) is 4.16. The summed E-state index contributed by atoms with van der Waals surface area (Å²) in [7, 11) is 1.53. The SMILES string of the molecule is COC[C@@H](C)Oc1cc(C(=O)Nc2nccs2)cc(Oc2cc(F)cc(F)c2)n1. The van der Waals surface area contributed by atoms with Gasteiger partial charge < -0.3 is 14.2 Å². The third-order valence-electron chi connectivity index (χ3n) is 3.48. The Morgan fingerprint density at radius 3 is 2.55 bits per heavy atom. The molecule has 1 N–H and O–H groups in total. The fourth-order valence-corrected chi connectivity index (χ4v) is 2.89. The van der Waals surface area contributed by atoms with Gasteiger partial charge in [0.1, 0.15) is 23.5 Å². The van der Waals surface area contributed by atoms with Crippen LogP contribution in [0.4, 0.5) is 13.9 Å². The van der Waals surface area contributed by atoms with Crippen LogP contribution in [-0.4, -0.2) is 35.7 Å². The van der Waals surface area contributed by atoms with Crippen LogP contribution in [0.25, 0.3) is 0 Å². The van der Waals surface area contributed by atoms with Crippen molar-refractivity contribution in [3.05, 3.63) is 59.1 Å². The molecule has 0 spiro atoms. The summed E-state index contributed by atoms with van der Waals surface area (Å²) in [5.74, 6) is -2.16. The van der Waals surface area contributed by atoms with Crippen molar-refractivity contribution in [2.45, 2.75) is 13.0 Å². The topological polar surface area (TPSA) is 82.6 Å². The van der Waals surface area contributed by atoms with Crippen molar-refractivity contribution in [2.24, 2.45) is 0 Å². The number of thiazole rings is 1. The molecule has 1 aromatic carbocycles. The van der Waals surface area contributed by atoms with Crippen molar-refractivity contribution in [3.63, 3.8) is 0 Å². The molecule has 0 bridgehead atoms. The van der Waals surface area contributed by atoms with Crippen LogP contribution in [0, 0.1) is 11.6 Å². The van der Waals surface area contributed by atoms with Gasteiger partial charge in [-0.3, -0.25) is 10.1 Å². The molecule has 3 rings (SSSR count). The molecule has 2 heterocycles. The maximum atomic E-state index is 13.4. The highest BCUT2D eigenvalue weighted by molar-refractivity contribution is 7.13. The summed E-state index contributed by atoms with van der Waals surface area (Å²) in [6, 6.07) is 5.48. The van der Waals surface area contributed by atoms with Gasteiger partial charge in [0, 0.05) is 49.0 Å². The Kier molecular flexibility index (Phi) is 6.68. The summed E-state index contributed by atoms with van der Waals surface area (Å²) in [4.78, 5) is 20.7. The van der Waals surface area contributed by atoms with Crippen molar-refractivity contribution in [3.8, 4) is 17.5 Å². The number of aromatic nitrogens is 2. The largest absolute Gasteiger partial charge is 0.472 e. The van der Waals surface area contributed by atoms with E-state index in [1.165, 1.54) is 30.6 Å². The minimum absolute atomic E-state index is 0.0681. The van der Waals surface area contributed by atoms with Crippen LogP contribution in [0.5, 0.6) is 17.5 Å². The lowest BCUT2D eigenvalue weighted by Crippen LogP contribution is -2.19. The molecule has 0 unspecified atom stereocenters. The zero-order valence-electron chi connectivity index (χ0n) is 15.5. The number of hydrogen-bond acceptors (Lipinski definition) is 7. The van der Waals surface area contributed by atoms with Gasteiger partial charge in [0.05, 0.1) is 12.2 Å². The van der Waals surface area contributed by atoms with Crippen LogP contribution in [0.1, 0.15) is 17.3 Å². The first-order valence-corrected chi connectivity index (χ1v) is 9.33. The monoisotopic (exact) mass is 421 g/mol. The van der Waals surface area contributed by atoms with Crippen LogP contribution in [0.3, 0.4) is 0 Å². The molecule has 0 aliphatic carbocycles. The lowest BCUT2D eigenvalue weighted by atomic mass is 10.2. The molecule has 0 radical (unpaired) electrons. The Bertz CT molecular complexity index is 965. The van der Waals surface area contributed by atoms with Gasteiger partial charge in [0.2, 0.25) is 11.8 Å². The number of methoxy groups -OCH3 is 1. The van der Waals surface area contributed by atoms with Gasteiger partial charge in [-0.15, -0.1) is 11.3 Å². The zero-order valence-corrected chi connectivity index (χ0v) is 16.3. The fraction of sp³-hybridized carbons (Fsp3) is 0.211. The number of nitrogens with one attached hydrogen (secondary N) is 1. The highest BCUT2D eigenvalue weighted by Crippen LogP contribution is 2.26. The van der Waals surface area contributed by atoms with Gasteiger partial charge in [-0.25, -0.2) is 13.8 Å². The van der Waals surface area contributed by atoms with Crippen LogP contribution in [0.2, 0.25) is 0 Å². The molecule has 10 heteroatoms. The average Bonchev–Trinajstić information content (AvgIpc) is 3.13. The van der Waals surface area contributed by atoms with E-state index in [1.54, 1.807) is 18.5 Å². The first-order valence-electron chi connectivity index (χ1n) is 8.45. The van der Waals surface area contributed by atoms with Gasteiger partial charge in [-0.2, -0.15) is 4.98 Å². The second-order valence-electron chi connectivity index (χ2n) is 5.91. The molecule has 0 fully saturated rings. The van der Waals surface area contributed by atoms with Crippen molar-refractivity contribution >= 4 is 22.4 Å². The summed E-state index contributed by atoms with van der Waals surface area (Å²) < 4.78 is 43.0. The van der Waals surface area contributed by atoms with Gasteiger partial charge in [-0.05, 0) is 6.92 Å². The van der Waals surface area contributed by atoms with Gasteiger partial charge in [0.15, 0.2) is 5.13 Å². The molecular weight excluding hydrogens is 404 g/mol. The van der Waals surface area contributed by atoms with E-state index in [-0.39, 0.29) is 29.2 Å². The second-order valence-corrected chi connectivity index (χ2v) is 6.81. The van der Waals surface area contributed by atoms with E-state index >= 15 is 0 Å². The first kappa shape index (κ1) is 20.6. The minimum Gasteiger partial charge on any atom is -0.472 e. The van der Waals surface area contributed by atoms with Crippen LogP contribution in [-0.2, 0) is 4.74 Å². The first-order chi connectivity index (χ1) is 13.9. The van der Waals surface area contributed by atoms with Crippen molar-refractivity contribution in [1.29, 1.82) is 0 Å². The van der Waals surface area contributed by atoms with Gasteiger partial charge in [-0.1, -0.05) is 0 Å². The Morgan fingerprint density at radius 1 is 1.17 bits per heavy atom. The quantitative estimate of drug-likeness (QED) is 0.585. The minimum atomic E-state index is -0.803. The third kappa shape index (κ3) is 5.93. The maximum absolute atomic E-state index is 13.4. The summed E-state index contributed by atoms with van der Waals surface area (Å²) in [6.45, 7) is 2.05. The van der Waals surface area contributed by atoms with E-state index in [2.05, 4.69) is 15.3 Å². The molecule has 7 nitrogen and oxygen atoms in total. The molecule has 0 aliphatic rings. The number of anilines is 1. The Morgan fingerprint density at radius 2 is 1.90 bits per heavy atom. The lowest BCUT2D eigenvalue weighted by Gasteiger charge is -2.15. The van der Waals surface area contributed by atoms with Crippen LogP contribution >= 0.6 is 11.3 Å². The van der Waals surface area contributed by atoms with Crippen LogP contribution in [0.15, 0.2) is 41.9 Å². The van der Waals surface area contributed by atoms with E-state index < -0.39 is 17.5 Å². The van der Waals surface area contributed by atoms with E-state index in [0.717, 1.165) is 18.2 Å². The molecule has 0 saturated carbocycles. The van der Waals surface area contributed by atoms with E-state index in [4.69, 9.17) is 14.2 Å². The number of hydrogen-bond donors (Lipinski definition) is 1. The van der Waals surface area contributed by atoms with E-state index in [9.17, 15) is 13.6 Å². The number of pyridine rings is 1. The Balaban J connectivity index is 1.89. The summed E-state index contributed by atoms with van der Waals surface area (Å²) in [5, 5.41) is 4.77. The van der Waals surface area contributed by atoms with Crippen LogP contribution < -0.4 is 14.8 Å². The van der Waals surface area contributed by atoms with Crippen molar-refractivity contribution in [1.82, 2.24) is 9.97 Å². The van der Waals surface area contributed by atoms with Crippen molar-refractivity contribution in [2.75, 3.05) is 19.0 Å². The predicted octanol–water partition coefficient (Wildman–Crippen LogP) is 4.27. The van der Waals surface area contributed by atoms with Gasteiger partial charge >= 0.3 is 0 Å². The lowest BCUT2D eigenvalue weighted by molar-refractivity contribution is 0.0882. The van der Waals surface area contributed by atoms with Gasteiger partial charge in [0.25, 0.3) is 5.91 Å². The Labute approximate surface area is 169 Å². The average molecular weight is 421 g/mol. The number of ether oxygens (including phenoxy) is 3. The second kappa shape index (κ2) is 9.39. The number of halogens is 2. The number of amides is 1. The Hall–Kier alpha value is -3.11. The number of nitrogens with zero attached hydrogens (tertiary/aromatic N) is 2. The van der Waals surface area contributed by atoms with E-state index in [1.807, 2.05) is 0 Å². The highest BCUT2D eigenvalue weighted by Gasteiger charge is 2.15. The number of rotatable bonds is 8. The molecule has 1 amide bonds. The fourth-order valence-electron chi connectivity index (χ4n) is 2.36. The molecule has 152 valence electrons. The summed E-state index contributed by atoms with van der Waals surface area (Å²) in [5.41, 5.74) is 0.168. The molecular formula is C19H17F2N3O4S. The molecule has 2 aromatic heterocycles. The molecule has 29 heavy (non-hydrogen) atoms. The zero-order chi connectivity index (χ0) is 20.8. The highest BCUT2D eigenvalue weighted by atomic mass is 32.1. The molecule has 3 aromatic rings. The van der Waals surface area contributed by atoms with E-state index in [0.29, 0.717) is 11.7 Å². The molecule has 0 aliphatic heterocycles. The van der Waals surface area contributed by atoms with Crippen molar-refractivity contribution < 1.29 is 27.8 Å². The number of carbonyl (C=O) groups excluding carboxylic acids is 1. The summed E-state index contributed by atoms with van der Waals surface area (Å²) in [6.07, 6.45) is 1.20. The number of carbonyl (C=O) groups is 1. The summed E-state index contributed by atoms with van der Waals surface area (Å²) >= 11 is 1.26. The normalized spacial score (nSPS) is 11.7. The number of benzene rings is 1. The maximum Gasteiger partial charge on any atom is 0.257 e. The molecule has 1 atom stereocenters. The molecule has 0 saturated heterocycles. The smallest absolute Gasteiger partial charge is 0.257 e.